The first-order valence-electron chi connectivity index (χ1n) is 8.21. The van der Waals surface area contributed by atoms with Crippen molar-refractivity contribution in [1.82, 2.24) is 9.78 Å². The minimum atomic E-state index is -0.854. The van der Waals surface area contributed by atoms with Crippen LogP contribution in [0.2, 0.25) is 0 Å². The number of carbonyl (C=O) groups is 2. The molecule has 0 bridgehead atoms. The second-order valence-corrected chi connectivity index (χ2v) is 6.13. The Balaban J connectivity index is 1.63. The largest absolute Gasteiger partial charge is 0.324 e. The molecule has 6 nitrogen and oxygen atoms in total. The second kappa shape index (κ2) is 6.64. The first kappa shape index (κ1) is 16.9. The Bertz CT molecular complexity index is 1010. The summed E-state index contributed by atoms with van der Waals surface area (Å²) in [5.74, 6) is -1.15. The van der Waals surface area contributed by atoms with Crippen LogP contribution in [0.3, 0.4) is 0 Å². The monoisotopic (exact) mass is 368 g/mol. The summed E-state index contributed by atoms with van der Waals surface area (Å²) in [4.78, 5) is 24.7. The van der Waals surface area contributed by atoms with E-state index < -0.39 is 17.8 Å². The molecular formula is C19H14F2N4O2. The van der Waals surface area contributed by atoms with Crippen molar-refractivity contribution in [2.75, 3.05) is 10.6 Å². The third kappa shape index (κ3) is 3.41. The SMILES string of the molecule is O=C1C[C@H](C(=O)Nc2ccc(F)cc2)n2nc(-c3ccc(F)cc3)cc2N1. The van der Waals surface area contributed by atoms with E-state index >= 15 is 0 Å². The number of hydrogen-bond donors (Lipinski definition) is 2. The van der Waals surface area contributed by atoms with E-state index in [0.29, 0.717) is 22.8 Å². The number of rotatable bonds is 3. The van der Waals surface area contributed by atoms with Crippen LogP contribution in [0.5, 0.6) is 0 Å². The summed E-state index contributed by atoms with van der Waals surface area (Å²) in [6.45, 7) is 0. The molecule has 0 radical (unpaired) electrons. The molecule has 1 aliphatic rings. The highest BCUT2D eigenvalue weighted by Crippen LogP contribution is 2.30. The molecule has 27 heavy (non-hydrogen) atoms. The van der Waals surface area contributed by atoms with Gasteiger partial charge in [0.05, 0.1) is 12.1 Å². The number of carbonyl (C=O) groups excluding carboxylic acids is 2. The minimum absolute atomic E-state index is 0.0788. The van der Waals surface area contributed by atoms with Gasteiger partial charge in [-0.1, -0.05) is 0 Å². The Kier molecular flexibility index (Phi) is 4.15. The van der Waals surface area contributed by atoms with Crippen LogP contribution in [-0.2, 0) is 9.59 Å². The van der Waals surface area contributed by atoms with Crippen molar-refractivity contribution in [3.8, 4) is 11.3 Å². The van der Waals surface area contributed by atoms with Gasteiger partial charge in [-0.2, -0.15) is 5.10 Å². The zero-order chi connectivity index (χ0) is 19.0. The lowest BCUT2D eigenvalue weighted by atomic mass is 10.1. The molecule has 0 unspecified atom stereocenters. The molecule has 8 heteroatoms. The maximum Gasteiger partial charge on any atom is 0.249 e. The lowest BCUT2D eigenvalue weighted by molar-refractivity contribution is -0.125. The van der Waals surface area contributed by atoms with Crippen LogP contribution >= 0.6 is 0 Å². The van der Waals surface area contributed by atoms with Crippen molar-refractivity contribution in [3.63, 3.8) is 0 Å². The van der Waals surface area contributed by atoms with Crippen molar-refractivity contribution in [1.29, 1.82) is 0 Å². The van der Waals surface area contributed by atoms with E-state index in [1.165, 1.54) is 41.1 Å². The predicted molar refractivity (Wildman–Crippen MR) is 94.9 cm³/mol. The highest BCUT2D eigenvalue weighted by atomic mass is 19.1. The van der Waals surface area contributed by atoms with Gasteiger partial charge in [0.15, 0.2) is 0 Å². The standard InChI is InChI=1S/C19H14F2N4O2/c20-12-3-1-11(2-4-12)15-9-17-23-18(26)10-16(25(17)24-15)19(27)22-14-7-5-13(21)6-8-14/h1-9,16H,10H2,(H,22,27)(H,23,26)/t16-/m1/s1. The van der Waals surface area contributed by atoms with Gasteiger partial charge in [-0.05, 0) is 48.5 Å². The minimum Gasteiger partial charge on any atom is -0.324 e. The molecule has 136 valence electrons. The Hall–Kier alpha value is -3.55. The van der Waals surface area contributed by atoms with E-state index in [9.17, 15) is 18.4 Å². The van der Waals surface area contributed by atoms with E-state index in [1.54, 1.807) is 18.2 Å². The molecule has 0 saturated heterocycles. The number of nitrogens with one attached hydrogen (secondary N) is 2. The number of amides is 2. The highest BCUT2D eigenvalue weighted by Gasteiger charge is 2.32. The molecule has 1 atom stereocenters. The molecule has 2 amide bonds. The second-order valence-electron chi connectivity index (χ2n) is 6.13. The van der Waals surface area contributed by atoms with Crippen LogP contribution in [0, 0.1) is 11.6 Å². The first-order chi connectivity index (χ1) is 13.0. The predicted octanol–water partition coefficient (Wildman–Crippen LogP) is 3.35. The average molecular weight is 368 g/mol. The highest BCUT2D eigenvalue weighted by molar-refractivity contribution is 6.01. The zero-order valence-electron chi connectivity index (χ0n) is 13.9. The normalized spacial score (nSPS) is 15.8. The fraction of sp³-hybridized carbons (Fsp3) is 0.105. The van der Waals surface area contributed by atoms with Gasteiger partial charge in [0.1, 0.15) is 23.5 Å². The van der Waals surface area contributed by atoms with Crippen molar-refractivity contribution in [3.05, 3.63) is 66.2 Å². The Morgan fingerprint density at radius 2 is 1.70 bits per heavy atom. The van der Waals surface area contributed by atoms with E-state index in [-0.39, 0.29) is 18.1 Å². The van der Waals surface area contributed by atoms with Gasteiger partial charge in [-0.15, -0.1) is 0 Å². The van der Waals surface area contributed by atoms with Crippen LogP contribution in [0.1, 0.15) is 12.5 Å². The van der Waals surface area contributed by atoms with Crippen LogP contribution < -0.4 is 10.6 Å². The van der Waals surface area contributed by atoms with Crippen LogP contribution in [0.4, 0.5) is 20.3 Å². The van der Waals surface area contributed by atoms with Gasteiger partial charge in [0, 0.05) is 17.3 Å². The lowest BCUT2D eigenvalue weighted by Crippen LogP contribution is -2.35. The lowest BCUT2D eigenvalue weighted by Gasteiger charge is -2.23. The maximum atomic E-state index is 13.1. The van der Waals surface area contributed by atoms with E-state index in [2.05, 4.69) is 15.7 Å². The molecule has 1 aromatic heterocycles. The number of fused-ring (bicyclic) bond motifs is 1. The van der Waals surface area contributed by atoms with E-state index in [1.807, 2.05) is 0 Å². The topological polar surface area (TPSA) is 76.0 Å². The molecule has 0 spiro atoms. The van der Waals surface area contributed by atoms with E-state index in [4.69, 9.17) is 0 Å². The third-order valence-corrected chi connectivity index (χ3v) is 4.23. The summed E-state index contributed by atoms with van der Waals surface area (Å²) in [7, 11) is 0. The van der Waals surface area contributed by atoms with Crippen molar-refractivity contribution in [2.24, 2.45) is 0 Å². The smallest absolute Gasteiger partial charge is 0.249 e. The van der Waals surface area contributed by atoms with Gasteiger partial charge in [0.25, 0.3) is 0 Å². The fourth-order valence-corrected chi connectivity index (χ4v) is 2.91. The summed E-state index contributed by atoms with van der Waals surface area (Å²) < 4.78 is 27.6. The van der Waals surface area contributed by atoms with Crippen molar-refractivity contribution in [2.45, 2.75) is 12.5 Å². The molecule has 3 aromatic rings. The summed E-state index contributed by atoms with van der Waals surface area (Å²) in [5, 5.41) is 9.74. The quantitative estimate of drug-likeness (QED) is 0.744. The number of anilines is 2. The maximum absolute atomic E-state index is 13.1. The number of benzene rings is 2. The third-order valence-electron chi connectivity index (χ3n) is 4.23. The molecular weight excluding hydrogens is 354 g/mol. The molecule has 4 rings (SSSR count). The zero-order valence-corrected chi connectivity index (χ0v) is 13.9. The van der Waals surface area contributed by atoms with Gasteiger partial charge in [-0.25, -0.2) is 13.5 Å². The van der Waals surface area contributed by atoms with Crippen molar-refractivity contribution >= 4 is 23.3 Å². The number of nitrogens with zero attached hydrogens (tertiary/aromatic N) is 2. The molecule has 2 aromatic carbocycles. The first-order valence-corrected chi connectivity index (χ1v) is 8.21. The summed E-state index contributed by atoms with van der Waals surface area (Å²) in [6, 6.07) is 11.9. The molecule has 0 saturated carbocycles. The Labute approximate surface area is 152 Å². The van der Waals surface area contributed by atoms with Gasteiger partial charge >= 0.3 is 0 Å². The van der Waals surface area contributed by atoms with Crippen LogP contribution in [0.15, 0.2) is 54.6 Å². The summed E-state index contributed by atoms with van der Waals surface area (Å²) in [6.07, 6.45) is -0.0788. The molecule has 2 N–H and O–H groups in total. The molecule has 2 heterocycles. The Morgan fingerprint density at radius 1 is 1.07 bits per heavy atom. The molecule has 1 aliphatic heterocycles. The van der Waals surface area contributed by atoms with Gasteiger partial charge in [0.2, 0.25) is 11.8 Å². The number of halogens is 2. The Morgan fingerprint density at radius 3 is 2.37 bits per heavy atom. The van der Waals surface area contributed by atoms with Crippen LogP contribution in [-0.4, -0.2) is 21.6 Å². The van der Waals surface area contributed by atoms with E-state index in [0.717, 1.165) is 0 Å². The van der Waals surface area contributed by atoms with Crippen molar-refractivity contribution < 1.29 is 18.4 Å². The summed E-state index contributed by atoms with van der Waals surface area (Å²) in [5.41, 5.74) is 1.58. The van der Waals surface area contributed by atoms with Gasteiger partial charge in [-0.3, -0.25) is 9.59 Å². The summed E-state index contributed by atoms with van der Waals surface area (Å²) >= 11 is 0. The average Bonchev–Trinajstić information content (AvgIpc) is 3.07. The molecule has 0 aliphatic carbocycles. The van der Waals surface area contributed by atoms with Crippen LogP contribution in [0.25, 0.3) is 11.3 Å². The number of hydrogen-bond acceptors (Lipinski definition) is 3. The fourth-order valence-electron chi connectivity index (χ4n) is 2.91. The van der Waals surface area contributed by atoms with Gasteiger partial charge < -0.3 is 10.6 Å². The number of aromatic nitrogens is 2. The molecule has 0 fully saturated rings.